The largest absolute Gasteiger partial charge is 0.0911 e. The Morgan fingerprint density at radius 3 is 2.10 bits per heavy atom. The first-order valence-corrected chi connectivity index (χ1v) is 3.28. The maximum atomic E-state index is 3.89. The number of hydrogen-bond acceptors (Lipinski definition) is 0. The molecule has 0 bridgehead atoms. The van der Waals surface area contributed by atoms with Crippen molar-refractivity contribution in [2.24, 2.45) is 0 Å². The van der Waals surface area contributed by atoms with Gasteiger partial charge in [-0.1, -0.05) is 31.4 Å². The van der Waals surface area contributed by atoms with E-state index in [1.54, 1.807) is 0 Å². The third-order valence-corrected chi connectivity index (χ3v) is 1.78. The second-order valence-corrected chi connectivity index (χ2v) is 2.55. The molecule has 0 spiro atoms. The third kappa shape index (κ3) is 0.623. The van der Waals surface area contributed by atoms with E-state index in [1.165, 1.54) is 11.1 Å². The molecule has 0 heterocycles. The third-order valence-electron chi connectivity index (χ3n) is 1.78. The Hall–Kier alpha value is -1.30. The molecule has 0 aromatic rings. The van der Waals surface area contributed by atoms with Gasteiger partial charge in [-0.05, 0) is 28.4 Å². The second kappa shape index (κ2) is 1.60. The van der Waals surface area contributed by atoms with Crippen LogP contribution in [0.25, 0.3) is 0 Å². The monoisotopic (exact) mass is 128 g/mol. The molecule has 0 heteroatoms. The van der Waals surface area contributed by atoms with Crippen LogP contribution >= 0.6 is 0 Å². The lowest BCUT2D eigenvalue weighted by atomic mass is 10.1. The van der Waals surface area contributed by atoms with Crippen molar-refractivity contribution in [1.82, 2.24) is 0 Å². The van der Waals surface area contributed by atoms with Crippen molar-refractivity contribution in [3.8, 4) is 0 Å². The van der Waals surface area contributed by atoms with Crippen molar-refractivity contribution < 1.29 is 0 Å². The molecule has 0 N–H and O–H groups in total. The molecule has 0 nitrogen and oxygen atoms in total. The summed E-state index contributed by atoms with van der Waals surface area (Å²) in [5.41, 5.74) is 4.76. The minimum atomic E-state index is 1.10. The first kappa shape index (κ1) is 5.48. The molecule has 48 valence electrons. The molecule has 0 fully saturated rings. The van der Waals surface area contributed by atoms with E-state index in [1.807, 2.05) is 12.2 Å². The molecular formula is C10H8. The van der Waals surface area contributed by atoms with E-state index in [4.69, 9.17) is 0 Å². The lowest BCUT2D eigenvalue weighted by molar-refractivity contribution is 1.60. The van der Waals surface area contributed by atoms with Crippen molar-refractivity contribution in [2.75, 3.05) is 0 Å². The second-order valence-electron chi connectivity index (χ2n) is 2.55. The van der Waals surface area contributed by atoms with Gasteiger partial charge >= 0.3 is 0 Å². The molecular weight excluding hydrogens is 120 g/mol. The summed E-state index contributed by atoms with van der Waals surface area (Å²) in [5.74, 6) is 0. The highest BCUT2D eigenvalue weighted by molar-refractivity contribution is 5.74. The van der Waals surface area contributed by atoms with Gasteiger partial charge in [-0.3, -0.25) is 0 Å². The van der Waals surface area contributed by atoms with Gasteiger partial charge in [0.05, 0.1) is 0 Å². The molecule has 0 amide bonds. The van der Waals surface area contributed by atoms with Gasteiger partial charge in [0.2, 0.25) is 0 Å². The van der Waals surface area contributed by atoms with Crippen molar-refractivity contribution >= 4 is 0 Å². The van der Waals surface area contributed by atoms with Crippen molar-refractivity contribution in [3.05, 3.63) is 59.8 Å². The van der Waals surface area contributed by atoms with Crippen LogP contribution < -0.4 is 0 Å². The van der Waals surface area contributed by atoms with Crippen LogP contribution in [0.5, 0.6) is 0 Å². The highest BCUT2D eigenvalue weighted by Gasteiger charge is 2.20. The Labute approximate surface area is 60.6 Å². The van der Waals surface area contributed by atoms with E-state index in [0.717, 1.165) is 11.1 Å². The number of hydrogen-bond donors (Lipinski definition) is 0. The Kier molecular flexibility index (Phi) is 0.877. The van der Waals surface area contributed by atoms with Gasteiger partial charge in [0.1, 0.15) is 0 Å². The average Bonchev–Trinajstić information content (AvgIpc) is 2.42. The summed E-state index contributed by atoms with van der Waals surface area (Å²) in [6, 6.07) is 0. The first-order valence-electron chi connectivity index (χ1n) is 3.28. The van der Waals surface area contributed by atoms with E-state index < -0.39 is 0 Å². The van der Waals surface area contributed by atoms with Crippen LogP contribution in [-0.2, 0) is 0 Å². The molecule has 0 radical (unpaired) electrons. The summed E-state index contributed by atoms with van der Waals surface area (Å²) < 4.78 is 0. The summed E-state index contributed by atoms with van der Waals surface area (Å²) in [5, 5.41) is 0. The Morgan fingerprint density at radius 1 is 1.00 bits per heavy atom. The summed E-state index contributed by atoms with van der Waals surface area (Å²) in [6.07, 6.45) is 8.18. The van der Waals surface area contributed by atoms with E-state index in [2.05, 4.69) is 25.3 Å². The normalized spacial score (nSPS) is 21.2. The quantitative estimate of drug-likeness (QED) is 0.509. The highest BCUT2D eigenvalue weighted by atomic mass is 14.2. The van der Waals surface area contributed by atoms with Gasteiger partial charge in [-0.25, -0.2) is 0 Å². The highest BCUT2D eigenvalue weighted by Crippen LogP contribution is 2.38. The summed E-state index contributed by atoms with van der Waals surface area (Å²) in [6.45, 7) is 7.72. The minimum Gasteiger partial charge on any atom is -0.0911 e. The van der Waals surface area contributed by atoms with Gasteiger partial charge in [-0.2, -0.15) is 0 Å². The van der Waals surface area contributed by atoms with Crippen LogP contribution in [0.3, 0.4) is 0 Å². The summed E-state index contributed by atoms with van der Waals surface area (Å²) in [4.78, 5) is 0. The molecule has 0 saturated heterocycles. The minimum absolute atomic E-state index is 1.10. The molecule has 0 aromatic carbocycles. The standard InChI is InChI=1S/C10H8/c1-7-4-3-5-9(7)10-6-8(10)2/h3-6H,1-2H2. The van der Waals surface area contributed by atoms with E-state index in [9.17, 15) is 0 Å². The Morgan fingerprint density at radius 2 is 1.70 bits per heavy atom. The lowest BCUT2D eigenvalue weighted by Gasteiger charge is -1.94. The van der Waals surface area contributed by atoms with Crippen LogP contribution in [0.1, 0.15) is 0 Å². The molecule has 0 unspecified atom stereocenters. The van der Waals surface area contributed by atoms with Crippen LogP contribution in [0.2, 0.25) is 0 Å². The van der Waals surface area contributed by atoms with E-state index in [0.29, 0.717) is 0 Å². The molecule has 10 heavy (non-hydrogen) atoms. The first-order chi connectivity index (χ1) is 4.79. The maximum Gasteiger partial charge on any atom is -0.0105 e. The molecule has 2 aliphatic carbocycles. The Bertz CT molecular complexity index is 309. The topological polar surface area (TPSA) is 0 Å². The molecule has 0 aliphatic heterocycles. The van der Waals surface area contributed by atoms with Crippen LogP contribution in [0.15, 0.2) is 59.8 Å². The fourth-order valence-corrected chi connectivity index (χ4v) is 1.11. The van der Waals surface area contributed by atoms with Gasteiger partial charge in [0, 0.05) is 0 Å². The smallest absolute Gasteiger partial charge is 0.0105 e. The number of rotatable bonds is 1. The SMILES string of the molecule is C=C1C=CC=C1C1=CC1=C. The van der Waals surface area contributed by atoms with E-state index in [-0.39, 0.29) is 0 Å². The van der Waals surface area contributed by atoms with Gasteiger partial charge in [-0.15, -0.1) is 0 Å². The molecule has 0 saturated carbocycles. The Balaban J connectivity index is 2.30. The molecule has 2 rings (SSSR count). The predicted octanol–water partition coefficient (Wildman–Crippen LogP) is 2.54. The van der Waals surface area contributed by atoms with Crippen molar-refractivity contribution in [2.45, 2.75) is 0 Å². The van der Waals surface area contributed by atoms with Crippen LogP contribution in [0.4, 0.5) is 0 Å². The summed E-state index contributed by atoms with van der Waals surface area (Å²) >= 11 is 0. The molecule has 2 aliphatic rings. The van der Waals surface area contributed by atoms with Crippen molar-refractivity contribution in [3.63, 3.8) is 0 Å². The average molecular weight is 128 g/mol. The fraction of sp³-hybridized carbons (Fsp3) is 0. The van der Waals surface area contributed by atoms with Gasteiger partial charge < -0.3 is 0 Å². The zero-order chi connectivity index (χ0) is 7.14. The summed E-state index contributed by atoms with van der Waals surface area (Å²) in [7, 11) is 0. The van der Waals surface area contributed by atoms with Crippen molar-refractivity contribution in [1.29, 1.82) is 0 Å². The fourth-order valence-electron chi connectivity index (χ4n) is 1.11. The predicted molar refractivity (Wildman–Crippen MR) is 43.6 cm³/mol. The van der Waals surface area contributed by atoms with E-state index >= 15 is 0 Å². The van der Waals surface area contributed by atoms with Crippen LogP contribution in [-0.4, -0.2) is 0 Å². The van der Waals surface area contributed by atoms with Crippen LogP contribution in [0, 0.1) is 0 Å². The lowest BCUT2D eigenvalue weighted by Crippen LogP contribution is -1.76. The number of allylic oxidation sites excluding steroid dienone is 8. The molecule has 0 atom stereocenters. The maximum absolute atomic E-state index is 3.89. The zero-order valence-corrected chi connectivity index (χ0v) is 5.72. The van der Waals surface area contributed by atoms with Gasteiger partial charge in [0.15, 0.2) is 0 Å². The molecule has 0 aromatic heterocycles. The van der Waals surface area contributed by atoms with Gasteiger partial charge in [0.25, 0.3) is 0 Å². The zero-order valence-electron chi connectivity index (χ0n) is 5.72.